The molecular formula is C22H34O8. The summed E-state index contributed by atoms with van der Waals surface area (Å²) in [7, 11) is 0. The van der Waals surface area contributed by atoms with Gasteiger partial charge in [0.2, 0.25) is 0 Å². The number of carboxylic acids is 1. The summed E-state index contributed by atoms with van der Waals surface area (Å²) in [4.78, 5) is 23.6. The zero-order valence-electron chi connectivity index (χ0n) is 18.5. The Morgan fingerprint density at radius 2 is 1.33 bits per heavy atom. The Hall–Kier alpha value is -2.00. The van der Waals surface area contributed by atoms with Gasteiger partial charge in [0.15, 0.2) is 12.6 Å². The summed E-state index contributed by atoms with van der Waals surface area (Å²) in [6, 6.07) is 5.39. The highest BCUT2D eigenvalue weighted by molar-refractivity contribution is 5.92. The van der Waals surface area contributed by atoms with Crippen LogP contribution in [0.2, 0.25) is 0 Å². The molecule has 170 valence electrons. The molecule has 0 saturated heterocycles. The molecular weight excluding hydrogens is 392 g/mol. The van der Waals surface area contributed by atoms with Gasteiger partial charge in [-0.2, -0.15) is 0 Å². The van der Waals surface area contributed by atoms with Gasteiger partial charge in [-0.15, -0.1) is 0 Å². The number of benzene rings is 1. The van der Waals surface area contributed by atoms with E-state index in [0.29, 0.717) is 13.2 Å². The number of esters is 1. The maximum Gasteiger partial charge on any atom is 0.342 e. The lowest BCUT2D eigenvalue weighted by Crippen LogP contribution is -2.44. The maximum absolute atomic E-state index is 12.6. The van der Waals surface area contributed by atoms with Gasteiger partial charge in [0.25, 0.3) is 0 Å². The second-order valence-corrected chi connectivity index (χ2v) is 6.95. The van der Waals surface area contributed by atoms with Crippen LogP contribution in [0.4, 0.5) is 0 Å². The first kappa shape index (κ1) is 26.0. The van der Waals surface area contributed by atoms with E-state index in [1.807, 2.05) is 0 Å². The second-order valence-electron chi connectivity index (χ2n) is 6.95. The average molecular weight is 427 g/mol. The van der Waals surface area contributed by atoms with E-state index in [9.17, 15) is 9.59 Å². The molecule has 0 heterocycles. The largest absolute Gasteiger partial charge is 0.478 e. The van der Waals surface area contributed by atoms with Gasteiger partial charge in [0.05, 0.1) is 11.1 Å². The third-order valence-electron chi connectivity index (χ3n) is 4.11. The zero-order chi connectivity index (χ0) is 22.6. The highest BCUT2D eigenvalue weighted by Gasteiger charge is 2.36. The average Bonchev–Trinajstić information content (AvgIpc) is 2.68. The van der Waals surface area contributed by atoms with Crippen molar-refractivity contribution in [1.29, 1.82) is 0 Å². The predicted molar refractivity (Wildman–Crippen MR) is 110 cm³/mol. The molecule has 1 N–H and O–H groups in total. The van der Waals surface area contributed by atoms with Crippen molar-refractivity contribution in [3.8, 4) is 0 Å². The maximum atomic E-state index is 12.6. The van der Waals surface area contributed by atoms with Gasteiger partial charge in [-0.05, 0) is 51.0 Å². The Morgan fingerprint density at radius 1 is 0.900 bits per heavy atom. The van der Waals surface area contributed by atoms with E-state index in [1.165, 1.54) is 31.2 Å². The van der Waals surface area contributed by atoms with Crippen LogP contribution in [-0.2, 0) is 23.7 Å². The molecule has 1 aromatic carbocycles. The fourth-order valence-corrected chi connectivity index (χ4v) is 2.51. The molecule has 30 heavy (non-hydrogen) atoms. The molecule has 2 unspecified atom stereocenters. The molecule has 0 aliphatic rings. The predicted octanol–water partition coefficient (Wildman–Crippen LogP) is 4.57. The minimum atomic E-state index is -1.76. The van der Waals surface area contributed by atoms with Gasteiger partial charge in [-0.3, -0.25) is 9.47 Å². The Bertz CT molecular complexity index is 625. The van der Waals surface area contributed by atoms with Crippen LogP contribution in [0.25, 0.3) is 0 Å². The van der Waals surface area contributed by atoms with Crippen LogP contribution in [-0.4, -0.2) is 48.8 Å². The van der Waals surface area contributed by atoms with Crippen LogP contribution >= 0.6 is 0 Å². The molecule has 2 atom stereocenters. The zero-order valence-corrected chi connectivity index (χ0v) is 18.5. The van der Waals surface area contributed by atoms with Gasteiger partial charge in [-0.25, -0.2) is 9.59 Å². The summed E-state index contributed by atoms with van der Waals surface area (Å²) in [5.74, 6) is -3.57. The quantitative estimate of drug-likeness (QED) is 0.247. The molecule has 0 aromatic heterocycles. The Labute approximate surface area is 178 Å². The molecule has 0 aliphatic heterocycles. The first-order valence-electron chi connectivity index (χ1n) is 10.4. The minimum absolute atomic E-state index is 0.0673. The van der Waals surface area contributed by atoms with Crippen LogP contribution in [0.15, 0.2) is 24.3 Å². The van der Waals surface area contributed by atoms with E-state index < -0.39 is 30.5 Å². The van der Waals surface area contributed by atoms with Gasteiger partial charge >= 0.3 is 17.9 Å². The lowest BCUT2D eigenvalue weighted by molar-refractivity contribution is -0.418. The standard InChI is InChI=1S/C22H34O8/c1-6-8-14-26-16(3)28-22(5,29-17(4)27-15-9-7-2)30-21(25)19-12-10-18(11-13-19)20(23)24/h10-13,16-17H,6-9,14-15H2,1-5H3,(H,23,24). The van der Waals surface area contributed by atoms with E-state index in [2.05, 4.69) is 13.8 Å². The number of unbranched alkanes of at least 4 members (excludes halogenated alkanes) is 2. The molecule has 1 rings (SSSR count). The smallest absolute Gasteiger partial charge is 0.342 e. The lowest BCUT2D eigenvalue weighted by Gasteiger charge is -2.33. The van der Waals surface area contributed by atoms with Crippen molar-refractivity contribution >= 4 is 11.9 Å². The van der Waals surface area contributed by atoms with Gasteiger partial charge in [-0.1, -0.05) is 26.7 Å². The fourth-order valence-electron chi connectivity index (χ4n) is 2.51. The molecule has 8 heteroatoms. The highest BCUT2D eigenvalue weighted by atomic mass is 16.9. The van der Waals surface area contributed by atoms with Crippen molar-refractivity contribution in [2.45, 2.75) is 78.9 Å². The van der Waals surface area contributed by atoms with Crippen molar-refractivity contribution in [3.63, 3.8) is 0 Å². The monoisotopic (exact) mass is 426 g/mol. The van der Waals surface area contributed by atoms with Crippen molar-refractivity contribution in [1.82, 2.24) is 0 Å². The molecule has 0 fully saturated rings. The van der Waals surface area contributed by atoms with Crippen LogP contribution in [0.5, 0.6) is 0 Å². The number of hydrogen-bond donors (Lipinski definition) is 1. The summed E-state index contributed by atoms with van der Waals surface area (Å²) in [6.45, 7) is 9.95. The number of carbonyl (C=O) groups excluding carboxylic acids is 1. The molecule has 0 radical (unpaired) electrons. The summed E-state index contributed by atoms with van der Waals surface area (Å²) >= 11 is 0. The first-order chi connectivity index (χ1) is 14.2. The Kier molecular flexibility index (Phi) is 11.6. The van der Waals surface area contributed by atoms with E-state index in [0.717, 1.165) is 25.7 Å². The lowest BCUT2D eigenvalue weighted by atomic mass is 10.1. The molecule has 0 saturated carbocycles. The summed E-state index contributed by atoms with van der Waals surface area (Å²) < 4.78 is 28.2. The first-order valence-corrected chi connectivity index (χ1v) is 10.4. The number of rotatable bonds is 15. The summed E-state index contributed by atoms with van der Waals surface area (Å²) in [5, 5.41) is 8.99. The third-order valence-corrected chi connectivity index (χ3v) is 4.11. The Balaban J connectivity index is 2.86. The van der Waals surface area contributed by atoms with Crippen molar-refractivity contribution in [2.24, 2.45) is 0 Å². The number of carboxylic acid groups (broad SMARTS) is 1. The topological polar surface area (TPSA) is 101 Å². The summed E-state index contributed by atoms with van der Waals surface area (Å²) in [6.07, 6.45) is 2.32. The molecule has 0 bridgehead atoms. The van der Waals surface area contributed by atoms with E-state index >= 15 is 0 Å². The third kappa shape index (κ3) is 9.67. The van der Waals surface area contributed by atoms with Crippen LogP contribution in [0.1, 0.15) is 81.0 Å². The molecule has 0 aliphatic carbocycles. The van der Waals surface area contributed by atoms with Gasteiger partial charge < -0.3 is 19.3 Å². The number of carbonyl (C=O) groups is 2. The van der Waals surface area contributed by atoms with E-state index in [1.54, 1.807) is 13.8 Å². The molecule has 8 nitrogen and oxygen atoms in total. The van der Waals surface area contributed by atoms with E-state index in [-0.39, 0.29) is 11.1 Å². The minimum Gasteiger partial charge on any atom is -0.478 e. The Morgan fingerprint density at radius 3 is 1.73 bits per heavy atom. The van der Waals surface area contributed by atoms with Crippen molar-refractivity contribution < 1.29 is 38.4 Å². The highest BCUT2D eigenvalue weighted by Crippen LogP contribution is 2.23. The van der Waals surface area contributed by atoms with E-state index in [4.69, 9.17) is 28.8 Å². The van der Waals surface area contributed by atoms with Gasteiger partial charge in [0.1, 0.15) is 0 Å². The van der Waals surface area contributed by atoms with Crippen molar-refractivity contribution in [3.05, 3.63) is 35.4 Å². The SMILES string of the molecule is CCCCOC(C)OC(C)(OC(=O)c1ccc(C(=O)O)cc1)OC(C)OCCCC. The second kappa shape index (κ2) is 13.3. The van der Waals surface area contributed by atoms with Crippen molar-refractivity contribution in [2.75, 3.05) is 13.2 Å². The van der Waals surface area contributed by atoms with Gasteiger partial charge in [0, 0.05) is 20.1 Å². The molecule has 0 amide bonds. The number of ether oxygens (including phenoxy) is 5. The number of hydrogen-bond acceptors (Lipinski definition) is 7. The normalized spacial score (nSPS) is 15.2. The summed E-state index contributed by atoms with van der Waals surface area (Å²) in [5.41, 5.74) is 0.232. The molecule has 0 spiro atoms. The van der Waals surface area contributed by atoms with Crippen LogP contribution in [0.3, 0.4) is 0 Å². The van der Waals surface area contributed by atoms with Crippen LogP contribution in [0, 0.1) is 0 Å². The van der Waals surface area contributed by atoms with Crippen LogP contribution < -0.4 is 0 Å². The molecule has 1 aromatic rings. The fraction of sp³-hybridized carbons (Fsp3) is 0.636. The number of aromatic carboxylic acids is 1.